The molecule has 1 aromatic carbocycles. The van der Waals surface area contributed by atoms with E-state index in [1.807, 2.05) is 19.1 Å². The monoisotopic (exact) mass is 268 g/mol. The average molecular weight is 269 g/mol. The number of halogens is 1. The molecule has 1 rings (SSSR count). The number of ether oxygens (including phenoxy) is 2. The minimum absolute atomic E-state index is 0.000214. The van der Waals surface area contributed by atoms with Crippen LogP contribution in [0, 0.1) is 12.3 Å². The second-order valence-electron chi connectivity index (χ2n) is 3.11. The summed E-state index contributed by atoms with van der Waals surface area (Å²) in [6, 6.07) is 3.71. The lowest BCUT2D eigenvalue weighted by Crippen LogP contribution is -1.98. The highest BCUT2D eigenvalue weighted by Gasteiger charge is 2.15. The maximum absolute atomic E-state index is 5.41. The SMILES string of the molecule is C#CC(C)c1c(Br)cc(OC)cc1OC. The molecular formula is C12H13BrO2. The Kier molecular flexibility index (Phi) is 4.05. The molecule has 0 spiro atoms. The van der Waals surface area contributed by atoms with Crippen molar-refractivity contribution in [2.24, 2.45) is 0 Å². The first kappa shape index (κ1) is 11.9. The summed E-state index contributed by atoms with van der Waals surface area (Å²) in [5, 5.41) is 0. The van der Waals surface area contributed by atoms with Gasteiger partial charge in [0, 0.05) is 22.0 Å². The van der Waals surface area contributed by atoms with Crippen LogP contribution in [0.2, 0.25) is 0 Å². The second-order valence-corrected chi connectivity index (χ2v) is 3.97. The van der Waals surface area contributed by atoms with Gasteiger partial charge in [-0.25, -0.2) is 0 Å². The predicted molar refractivity (Wildman–Crippen MR) is 64.5 cm³/mol. The Morgan fingerprint density at radius 1 is 1.33 bits per heavy atom. The third kappa shape index (κ3) is 2.45. The lowest BCUT2D eigenvalue weighted by Gasteiger charge is -2.14. The van der Waals surface area contributed by atoms with E-state index in [9.17, 15) is 0 Å². The van der Waals surface area contributed by atoms with Crippen molar-refractivity contribution in [2.75, 3.05) is 14.2 Å². The molecule has 2 nitrogen and oxygen atoms in total. The zero-order valence-corrected chi connectivity index (χ0v) is 10.6. The van der Waals surface area contributed by atoms with Crippen LogP contribution in [0.4, 0.5) is 0 Å². The van der Waals surface area contributed by atoms with Crippen LogP contribution in [0.5, 0.6) is 11.5 Å². The molecule has 0 aliphatic carbocycles. The van der Waals surface area contributed by atoms with Crippen LogP contribution in [0.15, 0.2) is 16.6 Å². The minimum Gasteiger partial charge on any atom is -0.497 e. The highest BCUT2D eigenvalue weighted by molar-refractivity contribution is 9.10. The molecule has 3 heteroatoms. The molecule has 0 aliphatic rings. The largest absolute Gasteiger partial charge is 0.497 e. The van der Waals surface area contributed by atoms with Crippen LogP contribution in [0.25, 0.3) is 0 Å². The van der Waals surface area contributed by atoms with Gasteiger partial charge in [0.05, 0.1) is 14.2 Å². The number of benzene rings is 1. The smallest absolute Gasteiger partial charge is 0.128 e. The highest BCUT2D eigenvalue weighted by Crippen LogP contribution is 2.36. The lowest BCUT2D eigenvalue weighted by molar-refractivity contribution is 0.390. The van der Waals surface area contributed by atoms with Crippen LogP contribution in [-0.4, -0.2) is 14.2 Å². The molecule has 15 heavy (non-hydrogen) atoms. The van der Waals surface area contributed by atoms with Crippen LogP contribution in [-0.2, 0) is 0 Å². The van der Waals surface area contributed by atoms with Crippen molar-refractivity contribution >= 4 is 15.9 Å². The average Bonchev–Trinajstić information content (AvgIpc) is 2.26. The fraction of sp³-hybridized carbons (Fsp3) is 0.333. The van der Waals surface area contributed by atoms with Crippen molar-refractivity contribution < 1.29 is 9.47 Å². The van der Waals surface area contributed by atoms with E-state index in [4.69, 9.17) is 15.9 Å². The number of terminal acetylenes is 1. The third-order valence-electron chi connectivity index (χ3n) is 2.20. The molecule has 1 aromatic rings. The molecule has 0 bridgehead atoms. The Bertz CT molecular complexity index is 393. The van der Waals surface area contributed by atoms with E-state index in [-0.39, 0.29) is 5.92 Å². The van der Waals surface area contributed by atoms with Gasteiger partial charge in [-0.2, -0.15) is 0 Å². The maximum Gasteiger partial charge on any atom is 0.128 e. The summed E-state index contributed by atoms with van der Waals surface area (Å²) < 4.78 is 11.3. The molecule has 0 saturated carbocycles. The fourth-order valence-corrected chi connectivity index (χ4v) is 2.12. The fourth-order valence-electron chi connectivity index (χ4n) is 1.36. The van der Waals surface area contributed by atoms with E-state index >= 15 is 0 Å². The van der Waals surface area contributed by atoms with Crippen molar-refractivity contribution in [3.05, 3.63) is 22.2 Å². The molecular weight excluding hydrogens is 256 g/mol. The first-order valence-corrected chi connectivity index (χ1v) is 5.30. The maximum atomic E-state index is 5.41. The molecule has 0 heterocycles. The Hall–Kier alpha value is -1.14. The summed E-state index contributed by atoms with van der Waals surface area (Å²) in [7, 11) is 3.24. The molecule has 80 valence electrons. The Balaban J connectivity index is 3.32. The van der Waals surface area contributed by atoms with Crippen molar-refractivity contribution in [1.29, 1.82) is 0 Å². The first-order chi connectivity index (χ1) is 7.13. The van der Waals surface area contributed by atoms with Gasteiger partial charge in [0.2, 0.25) is 0 Å². The summed E-state index contributed by atoms with van der Waals surface area (Å²) in [5.74, 6) is 4.17. The summed E-state index contributed by atoms with van der Waals surface area (Å²) in [6.07, 6.45) is 5.41. The number of hydrogen-bond acceptors (Lipinski definition) is 2. The normalized spacial score (nSPS) is 11.7. The van der Waals surface area contributed by atoms with Gasteiger partial charge in [0.1, 0.15) is 11.5 Å². The van der Waals surface area contributed by atoms with Crippen molar-refractivity contribution in [3.63, 3.8) is 0 Å². The van der Waals surface area contributed by atoms with Crippen LogP contribution in [0.1, 0.15) is 18.4 Å². The molecule has 1 atom stereocenters. The van der Waals surface area contributed by atoms with Gasteiger partial charge in [-0.15, -0.1) is 6.42 Å². The molecule has 1 unspecified atom stereocenters. The van der Waals surface area contributed by atoms with Crippen LogP contribution in [0.3, 0.4) is 0 Å². The van der Waals surface area contributed by atoms with Gasteiger partial charge in [0.15, 0.2) is 0 Å². The van der Waals surface area contributed by atoms with E-state index in [1.165, 1.54) is 0 Å². The summed E-state index contributed by atoms with van der Waals surface area (Å²) in [4.78, 5) is 0. The topological polar surface area (TPSA) is 18.5 Å². The molecule has 0 amide bonds. The van der Waals surface area contributed by atoms with Gasteiger partial charge in [-0.05, 0) is 13.0 Å². The molecule has 0 aliphatic heterocycles. The van der Waals surface area contributed by atoms with E-state index in [0.717, 1.165) is 21.5 Å². The Morgan fingerprint density at radius 3 is 2.47 bits per heavy atom. The molecule has 0 aromatic heterocycles. The summed E-state index contributed by atoms with van der Waals surface area (Å²) in [6.45, 7) is 1.95. The van der Waals surface area contributed by atoms with Crippen LogP contribution >= 0.6 is 15.9 Å². The molecule has 0 fully saturated rings. The minimum atomic E-state index is 0.000214. The van der Waals surface area contributed by atoms with E-state index in [2.05, 4.69) is 21.9 Å². The molecule has 0 saturated heterocycles. The van der Waals surface area contributed by atoms with Gasteiger partial charge in [-0.3, -0.25) is 0 Å². The zero-order chi connectivity index (χ0) is 11.4. The molecule has 0 radical (unpaired) electrons. The predicted octanol–water partition coefficient (Wildman–Crippen LogP) is 3.20. The van der Waals surface area contributed by atoms with Crippen molar-refractivity contribution in [2.45, 2.75) is 12.8 Å². The van der Waals surface area contributed by atoms with E-state index < -0.39 is 0 Å². The number of methoxy groups -OCH3 is 2. The quantitative estimate of drug-likeness (QED) is 0.784. The zero-order valence-electron chi connectivity index (χ0n) is 9.00. The lowest BCUT2D eigenvalue weighted by atomic mass is 10.0. The van der Waals surface area contributed by atoms with Gasteiger partial charge >= 0.3 is 0 Å². The summed E-state index contributed by atoms with van der Waals surface area (Å²) >= 11 is 3.47. The van der Waals surface area contributed by atoms with Crippen molar-refractivity contribution in [3.8, 4) is 23.8 Å². The Labute approximate surface area is 98.7 Å². The second kappa shape index (κ2) is 5.09. The van der Waals surface area contributed by atoms with Crippen molar-refractivity contribution in [1.82, 2.24) is 0 Å². The number of hydrogen-bond donors (Lipinski definition) is 0. The highest BCUT2D eigenvalue weighted by atomic mass is 79.9. The first-order valence-electron chi connectivity index (χ1n) is 4.51. The summed E-state index contributed by atoms with van der Waals surface area (Å²) in [5.41, 5.74) is 0.973. The standard InChI is InChI=1S/C12H13BrO2/c1-5-8(2)12-10(13)6-9(14-3)7-11(12)15-4/h1,6-8H,2-4H3. The van der Waals surface area contributed by atoms with Crippen LogP contribution < -0.4 is 9.47 Å². The van der Waals surface area contributed by atoms with E-state index in [1.54, 1.807) is 14.2 Å². The van der Waals surface area contributed by atoms with E-state index in [0.29, 0.717) is 0 Å². The number of rotatable bonds is 3. The van der Waals surface area contributed by atoms with Gasteiger partial charge < -0.3 is 9.47 Å². The Morgan fingerprint density at radius 2 is 2.00 bits per heavy atom. The van der Waals surface area contributed by atoms with Gasteiger partial charge in [0.25, 0.3) is 0 Å². The third-order valence-corrected chi connectivity index (χ3v) is 2.86. The molecule has 0 N–H and O–H groups in total. The van der Waals surface area contributed by atoms with Gasteiger partial charge in [-0.1, -0.05) is 21.9 Å².